The van der Waals surface area contributed by atoms with Gasteiger partial charge in [0.15, 0.2) is 0 Å². The van der Waals surface area contributed by atoms with Gasteiger partial charge in [0.2, 0.25) is 0 Å². The summed E-state index contributed by atoms with van der Waals surface area (Å²) in [6.07, 6.45) is -1.84. The second-order valence-corrected chi connectivity index (χ2v) is 10.7. The van der Waals surface area contributed by atoms with Crippen molar-refractivity contribution in [1.82, 2.24) is 20.1 Å². The zero-order valence-electron chi connectivity index (χ0n) is 22.0. The first-order valence-electron chi connectivity index (χ1n) is 13.3. The monoisotopic (exact) mass is 569 g/mol. The van der Waals surface area contributed by atoms with Crippen molar-refractivity contribution in [2.24, 2.45) is 0 Å². The normalized spacial score (nSPS) is 18.1. The Hall–Kier alpha value is -3.56. The zero-order chi connectivity index (χ0) is 28.3. The fourth-order valence-corrected chi connectivity index (χ4v) is 5.30. The molecule has 1 aromatic heterocycles. The number of carbonyl (C=O) groups excluding carboxylic acids is 1. The zero-order valence-corrected chi connectivity index (χ0v) is 22.8. The summed E-state index contributed by atoms with van der Waals surface area (Å²) in [6.45, 7) is 9.05. The molecule has 3 aromatic rings. The van der Waals surface area contributed by atoms with E-state index in [-0.39, 0.29) is 11.9 Å². The highest BCUT2D eigenvalue weighted by Gasteiger charge is 2.30. The van der Waals surface area contributed by atoms with Crippen molar-refractivity contribution in [2.45, 2.75) is 25.2 Å². The molecule has 6 nitrogen and oxygen atoms in total. The van der Waals surface area contributed by atoms with Gasteiger partial charge in [-0.15, -0.1) is 0 Å². The van der Waals surface area contributed by atoms with Gasteiger partial charge in [-0.2, -0.15) is 13.2 Å². The largest absolute Gasteiger partial charge is 0.416 e. The minimum absolute atomic E-state index is 0.0388. The number of pyridine rings is 1. The highest BCUT2D eigenvalue weighted by Crippen LogP contribution is 2.29. The van der Waals surface area contributed by atoms with Gasteiger partial charge in [-0.1, -0.05) is 30.3 Å². The Morgan fingerprint density at radius 1 is 0.975 bits per heavy atom. The molecule has 0 aliphatic carbocycles. The van der Waals surface area contributed by atoms with E-state index in [1.165, 1.54) is 12.1 Å². The maximum Gasteiger partial charge on any atom is 0.416 e. The predicted molar refractivity (Wildman–Crippen MR) is 151 cm³/mol. The Morgan fingerprint density at radius 3 is 2.30 bits per heavy atom. The maximum atomic E-state index is 13.1. The molecular formula is C30H31ClF3N5O. The van der Waals surface area contributed by atoms with Crippen molar-refractivity contribution in [3.05, 3.63) is 101 Å². The summed E-state index contributed by atoms with van der Waals surface area (Å²) in [4.78, 5) is 23.8. The lowest BCUT2D eigenvalue weighted by atomic mass is 10.1. The standard InChI is InChI=1S/C30H31ClF3N5O/c1-21(36-26-12-13-37(20-26)19-22-2-5-24(6-3-22)30(32,33)34)28-11-4-23(18-35-28)29(40)39-16-14-38(15-17-39)27-9-7-25(31)8-10-27/h2-11,18,26,36H,1,12-17,19-20H2. The van der Waals surface area contributed by atoms with Gasteiger partial charge in [0.25, 0.3) is 5.91 Å². The van der Waals surface area contributed by atoms with Crippen molar-refractivity contribution < 1.29 is 18.0 Å². The van der Waals surface area contributed by atoms with E-state index < -0.39 is 11.7 Å². The van der Waals surface area contributed by atoms with Crippen LogP contribution >= 0.6 is 11.6 Å². The second-order valence-electron chi connectivity index (χ2n) is 10.2. The van der Waals surface area contributed by atoms with Crippen LogP contribution in [0.1, 0.15) is 33.6 Å². The summed E-state index contributed by atoms with van der Waals surface area (Å²) >= 11 is 5.99. The summed E-state index contributed by atoms with van der Waals surface area (Å²) in [7, 11) is 0. The van der Waals surface area contributed by atoms with Crippen molar-refractivity contribution in [2.75, 3.05) is 44.2 Å². The van der Waals surface area contributed by atoms with E-state index in [1.807, 2.05) is 29.2 Å². The smallest absolute Gasteiger partial charge is 0.380 e. The number of piperazine rings is 1. The molecule has 210 valence electrons. The maximum absolute atomic E-state index is 13.1. The number of halogens is 4. The summed E-state index contributed by atoms with van der Waals surface area (Å²) < 4.78 is 38.4. The summed E-state index contributed by atoms with van der Waals surface area (Å²) in [5.41, 5.74) is 3.20. The van der Waals surface area contributed by atoms with Crippen LogP contribution in [0.3, 0.4) is 0 Å². The van der Waals surface area contributed by atoms with Crippen LogP contribution in [-0.2, 0) is 12.7 Å². The molecule has 2 aliphatic heterocycles. The summed E-state index contributed by atoms with van der Waals surface area (Å²) in [5.74, 6) is -0.0388. The van der Waals surface area contributed by atoms with E-state index in [1.54, 1.807) is 18.3 Å². The van der Waals surface area contributed by atoms with Crippen molar-refractivity contribution in [3.63, 3.8) is 0 Å². The van der Waals surface area contributed by atoms with Crippen LogP contribution in [0.2, 0.25) is 5.02 Å². The Balaban J connectivity index is 1.09. The van der Waals surface area contributed by atoms with Crippen LogP contribution in [0.25, 0.3) is 5.70 Å². The molecule has 0 saturated carbocycles. The van der Waals surface area contributed by atoms with Gasteiger partial charge in [0.1, 0.15) is 0 Å². The van der Waals surface area contributed by atoms with Gasteiger partial charge < -0.3 is 15.1 Å². The van der Waals surface area contributed by atoms with Gasteiger partial charge in [-0.3, -0.25) is 14.7 Å². The molecule has 1 amide bonds. The van der Waals surface area contributed by atoms with E-state index in [0.717, 1.165) is 56.0 Å². The molecular weight excluding hydrogens is 539 g/mol. The average molecular weight is 570 g/mol. The lowest BCUT2D eigenvalue weighted by molar-refractivity contribution is -0.137. The van der Waals surface area contributed by atoms with Crippen LogP contribution in [0.15, 0.2) is 73.4 Å². The lowest BCUT2D eigenvalue weighted by Gasteiger charge is -2.36. The minimum atomic E-state index is -4.32. The number of rotatable bonds is 7. The molecule has 5 rings (SSSR count). The fraction of sp³-hybridized carbons (Fsp3) is 0.333. The molecule has 0 bridgehead atoms. The molecule has 2 fully saturated rings. The van der Waals surface area contributed by atoms with E-state index in [4.69, 9.17) is 11.6 Å². The third kappa shape index (κ3) is 6.77. The molecule has 0 radical (unpaired) electrons. The molecule has 2 aliphatic rings. The number of anilines is 1. The van der Waals surface area contributed by atoms with Crippen molar-refractivity contribution >= 4 is 28.9 Å². The number of nitrogens with one attached hydrogen (secondary N) is 1. The number of alkyl halides is 3. The third-order valence-corrected chi connectivity index (χ3v) is 7.67. The summed E-state index contributed by atoms with van der Waals surface area (Å²) in [6, 6.07) is 16.8. The van der Waals surface area contributed by atoms with Crippen molar-refractivity contribution in [3.8, 4) is 0 Å². The Kier molecular flexibility index (Phi) is 8.32. The van der Waals surface area contributed by atoms with E-state index in [9.17, 15) is 18.0 Å². The number of likely N-dealkylation sites (tertiary alicyclic amines) is 1. The highest BCUT2D eigenvalue weighted by atomic mass is 35.5. The quantitative estimate of drug-likeness (QED) is 0.404. The van der Waals surface area contributed by atoms with Crippen LogP contribution in [-0.4, -0.2) is 66.0 Å². The van der Waals surface area contributed by atoms with Crippen LogP contribution in [0, 0.1) is 0 Å². The molecule has 40 heavy (non-hydrogen) atoms. The number of hydrogen-bond acceptors (Lipinski definition) is 5. The molecule has 1 atom stereocenters. The number of benzene rings is 2. The van der Waals surface area contributed by atoms with Gasteiger partial charge in [0, 0.05) is 68.8 Å². The topological polar surface area (TPSA) is 51.7 Å². The number of aromatic nitrogens is 1. The van der Waals surface area contributed by atoms with Gasteiger partial charge in [-0.25, -0.2) is 0 Å². The predicted octanol–water partition coefficient (Wildman–Crippen LogP) is 5.55. The number of amides is 1. The minimum Gasteiger partial charge on any atom is -0.380 e. The molecule has 2 aromatic carbocycles. The van der Waals surface area contributed by atoms with Crippen LogP contribution in [0.5, 0.6) is 0 Å². The van der Waals surface area contributed by atoms with E-state index >= 15 is 0 Å². The second kappa shape index (κ2) is 11.9. The van der Waals surface area contributed by atoms with Crippen LogP contribution in [0.4, 0.5) is 18.9 Å². The average Bonchev–Trinajstić information content (AvgIpc) is 3.39. The number of carbonyl (C=O) groups is 1. The SMILES string of the molecule is C=C(NC1CCN(Cc2ccc(C(F)(F)F)cc2)C1)c1ccc(C(=O)N2CCN(c3ccc(Cl)cc3)CC2)cn1. The Labute approximate surface area is 237 Å². The van der Waals surface area contributed by atoms with E-state index in [0.29, 0.717) is 41.6 Å². The van der Waals surface area contributed by atoms with E-state index in [2.05, 4.69) is 26.7 Å². The summed E-state index contributed by atoms with van der Waals surface area (Å²) in [5, 5.41) is 4.12. The first-order chi connectivity index (χ1) is 19.2. The van der Waals surface area contributed by atoms with Gasteiger partial charge in [-0.05, 0) is 60.5 Å². The first-order valence-corrected chi connectivity index (χ1v) is 13.6. The molecule has 0 spiro atoms. The molecule has 10 heteroatoms. The highest BCUT2D eigenvalue weighted by molar-refractivity contribution is 6.30. The van der Waals surface area contributed by atoms with Crippen LogP contribution < -0.4 is 10.2 Å². The van der Waals surface area contributed by atoms with Gasteiger partial charge >= 0.3 is 6.18 Å². The molecule has 1 N–H and O–H groups in total. The Bertz CT molecular complexity index is 1320. The number of nitrogens with zero attached hydrogens (tertiary/aromatic N) is 4. The lowest BCUT2D eigenvalue weighted by Crippen LogP contribution is -2.48. The molecule has 3 heterocycles. The first kappa shape index (κ1) is 28.0. The molecule has 2 saturated heterocycles. The van der Waals surface area contributed by atoms with Crippen molar-refractivity contribution in [1.29, 1.82) is 0 Å². The Morgan fingerprint density at radius 2 is 1.68 bits per heavy atom. The molecule has 1 unspecified atom stereocenters. The third-order valence-electron chi connectivity index (χ3n) is 7.42. The van der Waals surface area contributed by atoms with Gasteiger partial charge in [0.05, 0.1) is 22.5 Å². The number of hydrogen-bond donors (Lipinski definition) is 1. The fourth-order valence-electron chi connectivity index (χ4n) is 5.17.